The van der Waals surface area contributed by atoms with Gasteiger partial charge in [-0.15, -0.1) is 11.3 Å². The van der Waals surface area contributed by atoms with Gasteiger partial charge in [-0.3, -0.25) is 9.59 Å². The summed E-state index contributed by atoms with van der Waals surface area (Å²) in [5.41, 5.74) is 1.39. The molecule has 7 heteroatoms. The molecule has 2 rings (SSSR count). The Hall–Kier alpha value is -1.89. The molecule has 2 N–H and O–H groups in total. The Morgan fingerprint density at radius 3 is 2.73 bits per heavy atom. The number of rotatable bonds is 5. The number of hydrogen-bond donors (Lipinski definition) is 2. The molecule has 0 saturated carbocycles. The fourth-order valence-electron chi connectivity index (χ4n) is 2.57. The second-order valence-electron chi connectivity index (χ2n) is 5.49. The van der Waals surface area contributed by atoms with Crippen LogP contribution in [0.1, 0.15) is 47.0 Å². The molecule has 0 spiro atoms. The van der Waals surface area contributed by atoms with Gasteiger partial charge in [0.15, 0.2) is 0 Å². The quantitative estimate of drug-likeness (QED) is 0.811. The van der Waals surface area contributed by atoms with Gasteiger partial charge < -0.3 is 15.2 Å². The van der Waals surface area contributed by atoms with Crippen molar-refractivity contribution < 1.29 is 24.2 Å². The smallest absolute Gasteiger partial charge is 0.341 e. The lowest BCUT2D eigenvalue weighted by molar-refractivity contribution is -0.138. The van der Waals surface area contributed by atoms with Gasteiger partial charge in [0.2, 0.25) is 5.91 Å². The Bertz CT molecular complexity index is 607. The Morgan fingerprint density at radius 2 is 2.09 bits per heavy atom. The maximum atomic E-state index is 12.0. The fraction of sp³-hybridized carbons (Fsp3) is 0.533. The number of fused-ring (bicyclic) bond motifs is 1. The van der Waals surface area contributed by atoms with E-state index >= 15 is 0 Å². The molecule has 0 radical (unpaired) electrons. The van der Waals surface area contributed by atoms with Gasteiger partial charge in [0.05, 0.1) is 19.1 Å². The Morgan fingerprint density at radius 1 is 1.36 bits per heavy atom. The monoisotopic (exact) mass is 325 g/mol. The van der Waals surface area contributed by atoms with Crippen molar-refractivity contribution in [2.75, 3.05) is 12.4 Å². The van der Waals surface area contributed by atoms with E-state index in [9.17, 15) is 14.4 Å². The highest BCUT2D eigenvalue weighted by molar-refractivity contribution is 7.17. The van der Waals surface area contributed by atoms with Gasteiger partial charge in [-0.25, -0.2) is 4.79 Å². The molecular weight excluding hydrogens is 306 g/mol. The summed E-state index contributed by atoms with van der Waals surface area (Å²) in [6, 6.07) is 0. The number of ether oxygens (including phenoxy) is 1. The predicted octanol–water partition coefficient (Wildman–Crippen LogP) is 2.46. The summed E-state index contributed by atoms with van der Waals surface area (Å²) in [6.07, 6.45) is 2.33. The van der Waals surface area contributed by atoms with E-state index in [4.69, 9.17) is 9.84 Å². The third kappa shape index (κ3) is 3.65. The molecule has 0 unspecified atom stereocenters. The fourth-order valence-corrected chi connectivity index (χ4v) is 3.98. The van der Waals surface area contributed by atoms with Crippen molar-refractivity contribution in [1.29, 1.82) is 0 Å². The van der Waals surface area contributed by atoms with Crippen LogP contribution in [0.4, 0.5) is 5.00 Å². The van der Waals surface area contributed by atoms with Crippen LogP contribution in [0.25, 0.3) is 0 Å². The largest absolute Gasteiger partial charge is 0.481 e. The van der Waals surface area contributed by atoms with Gasteiger partial charge in [0.1, 0.15) is 5.00 Å². The van der Waals surface area contributed by atoms with E-state index in [-0.39, 0.29) is 12.8 Å². The number of carbonyl (C=O) groups is 3. The minimum absolute atomic E-state index is 0.116. The van der Waals surface area contributed by atoms with Crippen LogP contribution in [-0.2, 0) is 27.2 Å². The van der Waals surface area contributed by atoms with Crippen LogP contribution in [0, 0.1) is 5.92 Å². The maximum absolute atomic E-state index is 12.0. The number of nitrogens with one attached hydrogen (secondary N) is 1. The van der Waals surface area contributed by atoms with E-state index in [0.717, 1.165) is 29.7 Å². The van der Waals surface area contributed by atoms with Gasteiger partial charge >= 0.3 is 11.9 Å². The maximum Gasteiger partial charge on any atom is 0.341 e. The number of thiophene rings is 1. The minimum atomic E-state index is -1.03. The average molecular weight is 325 g/mol. The van der Waals surface area contributed by atoms with E-state index in [1.165, 1.54) is 18.4 Å². The topological polar surface area (TPSA) is 92.7 Å². The van der Waals surface area contributed by atoms with Gasteiger partial charge in [0, 0.05) is 11.3 Å². The third-order valence-electron chi connectivity index (χ3n) is 3.72. The lowest BCUT2D eigenvalue weighted by atomic mass is 9.88. The van der Waals surface area contributed by atoms with Crippen molar-refractivity contribution in [3.8, 4) is 0 Å². The van der Waals surface area contributed by atoms with E-state index in [2.05, 4.69) is 12.2 Å². The van der Waals surface area contributed by atoms with Crippen molar-refractivity contribution >= 4 is 34.2 Å². The van der Waals surface area contributed by atoms with Crippen molar-refractivity contribution in [1.82, 2.24) is 0 Å². The van der Waals surface area contributed by atoms with E-state index in [0.29, 0.717) is 16.5 Å². The Balaban J connectivity index is 2.24. The van der Waals surface area contributed by atoms with E-state index in [1.54, 1.807) is 0 Å². The molecule has 1 aromatic heterocycles. The van der Waals surface area contributed by atoms with Crippen LogP contribution in [0.15, 0.2) is 0 Å². The molecule has 1 aliphatic rings. The van der Waals surface area contributed by atoms with Gasteiger partial charge in [0.25, 0.3) is 0 Å². The number of carbonyl (C=O) groups excluding carboxylic acids is 2. The number of esters is 1. The molecule has 22 heavy (non-hydrogen) atoms. The van der Waals surface area contributed by atoms with Crippen LogP contribution in [-0.4, -0.2) is 30.1 Å². The molecule has 120 valence electrons. The first-order chi connectivity index (χ1) is 10.4. The highest BCUT2D eigenvalue weighted by Gasteiger charge is 2.28. The average Bonchev–Trinajstić information content (AvgIpc) is 2.81. The summed E-state index contributed by atoms with van der Waals surface area (Å²) in [4.78, 5) is 35.5. The standard InChI is InChI=1S/C15H19NO5S/c1-8-3-4-9-10(7-8)22-14(13(9)15(20)21-2)16-11(17)5-6-12(18)19/h8H,3-7H2,1-2H3,(H,16,17)(H,18,19)/t8-/m0/s1. The summed E-state index contributed by atoms with van der Waals surface area (Å²) < 4.78 is 4.83. The molecule has 1 aromatic rings. The zero-order valence-electron chi connectivity index (χ0n) is 12.6. The second-order valence-corrected chi connectivity index (χ2v) is 6.59. The minimum Gasteiger partial charge on any atom is -0.481 e. The van der Waals surface area contributed by atoms with E-state index in [1.807, 2.05) is 0 Å². The van der Waals surface area contributed by atoms with Crippen LogP contribution in [0.5, 0.6) is 0 Å². The molecule has 1 atom stereocenters. The zero-order valence-corrected chi connectivity index (χ0v) is 13.4. The number of amides is 1. The Kier molecular flexibility index (Phi) is 5.18. The molecule has 0 fully saturated rings. The van der Waals surface area contributed by atoms with Crippen LogP contribution < -0.4 is 5.32 Å². The summed E-state index contributed by atoms with van der Waals surface area (Å²) in [5.74, 6) is -1.34. The molecule has 0 saturated heterocycles. The van der Waals surface area contributed by atoms with Crippen molar-refractivity contribution in [3.63, 3.8) is 0 Å². The molecule has 0 aliphatic heterocycles. The number of anilines is 1. The van der Waals surface area contributed by atoms with Crippen LogP contribution in [0.2, 0.25) is 0 Å². The van der Waals surface area contributed by atoms with E-state index < -0.39 is 17.8 Å². The first-order valence-corrected chi connectivity index (χ1v) is 7.98. The highest BCUT2D eigenvalue weighted by Crippen LogP contribution is 2.40. The number of hydrogen-bond acceptors (Lipinski definition) is 5. The van der Waals surface area contributed by atoms with Gasteiger partial charge in [-0.2, -0.15) is 0 Å². The first kappa shape index (κ1) is 16.5. The van der Waals surface area contributed by atoms with Gasteiger partial charge in [-0.05, 0) is 30.7 Å². The molecule has 6 nitrogen and oxygen atoms in total. The summed E-state index contributed by atoms with van der Waals surface area (Å²) >= 11 is 1.39. The number of carboxylic acids is 1. The second kappa shape index (κ2) is 6.91. The normalized spacial score (nSPS) is 16.7. The van der Waals surface area contributed by atoms with Crippen molar-refractivity contribution in [2.45, 2.75) is 39.0 Å². The summed E-state index contributed by atoms with van der Waals surface area (Å²) in [5, 5.41) is 11.8. The van der Waals surface area contributed by atoms with Crippen LogP contribution >= 0.6 is 11.3 Å². The number of methoxy groups -OCH3 is 1. The molecule has 0 bridgehead atoms. The predicted molar refractivity (Wildman–Crippen MR) is 82.3 cm³/mol. The van der Waals surface area contributed by atoms with Crippen LogP contribution in [0.3, 0.4) is 0 Å². The Labute approximate surface area is 132 Å². The summed E-state index contributed by atoms with van der Waals surface area (Å²) in [7, 11) is 1.31. The number of aliphatic carboxylic acids is 1. The molecule has 1 aliphatic carbocycles. The van der Waals surface area contributed by atoms with Crippen molar-refractivity contribution in [3.05, 3.63) is 16.0 Å². The highest BCUT2D eigenvalue weighted by atomic mass is 32.1. The van der Waals surface area contributed by atoms with Gasteiger partial charge in [-0.1, -0.05) is 6.92 Å². The molecule has 1 heterocycles. The lowest BCUT2D eigenvalue weighted by Gasteiger charge is -2.18. The number of carboxylic acid groups (broad SMARTS) is 1. The SMILES string of the molecule is COC(=O)c1c(NC(=O)CCC(=O)O)sc2c1CC[C@H](C)C2. The third-order valence-corrected chi connectivity index (χ3v) is 4.89. The lowest BCUT2D eigenvalue weighted by Crippen LogP contribution is -2.16. The molecule has 0 aromatic carbocycles. The first-order valence-electron chi connectivity index (χ1n) is 7.16. The molecular formula is C15H19NO5S. The summed E-state index contributed by atoms with van der Waals surface area (Å²) in [6.45, 7) is 2.16. The van der Waals surface area contributed by atoms with Crippen molar-refractivity contribution in [2.24, 2.45) is 5.92 Å². The zero-order chi connectivity index (χ0) is 16.3. The molecule has 1 amide bonds.